The Morgan fingerprint density at radius 1 is 0.654 bits per heavy atom. The molecular weight excluding hydrogens is 348 g/mol. The summed E-state index contributed by atoms with van der Waals surface area (Å²) in [7, 11) is 0. The zero-order valence-corrected chi connectivity index (χ0v) is 14.6. The van der Waals surface area contributed by atoms with Gasteiger partial charge in [-0.25, -0.2) is 0 Å². The van der Waals surface area contributed by atoms with Crippen molar-refractivity contribution in [2.24, 2.45) is 0 Å². The molecule has 0 saturated carbocycles. The summed E-state index contributed by atoms with van der Waals surface area (Å²) in [4.78, 5) is 50.7. The van der Waals surface area contributed by atoms with E-state index >= 15 is 0 Å². The van der Waals surface area contributed by atoms with Crippen LogP contribution in [0.4, 0.5) is 0 Å². The number of carboxylic acids is 3. The molecule has 0 bridgehead atoms. The predicted octanol–water partition coefficient (Wildman–Crippen LogP) is -2.38. The van der Waals surface area contributed by atoms with Gasteiger partial charge >= 0.3 is 17.9 Å². The second kappa shape index (κ2) is 11.5. The van der Waals surface area contributed by atoms with Crippen LogP contribution in [0, 0.1) is 0 Å². The number of carbonyl (C=O) groups excluding carboxylic acids is 1. The average molecular weight is 374 g/mol. The maximum Gasteiger partial charge on any atom is 0.317 e. The molecule has 11 nitrogen and oxygen atoms in total. The van der Waals surface area contributed by atoms with Gasteiger partial charge in [0.1, 0.15) is 6.29 Å². The zero-order valence-electron chi connectivity index (χ0n) is 14.6. The molecule has 1 fully saturated rings. The molecule has 1 saturated heterocycles. The minimum atomic E-state index is -1.04. The Bertz CT molecular complexity index is 502. The molecule has 0 aromatic heterocycles. The van der Waals surface area contributed by atoms with Crippen molar-refractivity contribution in [3.63, 3.8) is 0 Å². The van der Waals surface area contributed by atoms with Crippen molar-refractivity contribution >= 4 is 24.2 Å². The van der Waals surface area contributed by atoms with Gasteiger partial charge in [0, 0.05) is 39.3 Å². The quantitative estimate of drug-likeness (QED) is 0.392. The number of carboxylic acid groups (broad SMARTS) is 3. The SMILES string of the molecule is O=CCN1CCN(CC(=O)O)CCN(CC(=O)O)CN(CC(=O)O)CC1. The van der Waals surface area contributed by atoms with Gasteiger partial charge in [0.25, 0.3) is 0 Å². The number of aliphatic carboxylic acids is 3. The zero-order chi connectivity index (χ0) is 19.5. The van der Waals surface area contributed by atoms with E-state index in [0.29, 0.717) is 39.3 Å². The van der Waals surface area contributed by atoms with Gasteiger partial charge in [-0.05, 0) is 0 Å². The van der Waals surface area contributed by atoms with E-state index in [1.165, 1.54) is 0 Å². The molecule has 1 heterocycles. The van der Waals surface area contributed by atoms with Crippen molar-refractivity contribution in [3.8, 4) is 0 Å². The molecule has 0 aromatic rings. The first-order valence-corrected chi connectivity index (χ1v) is 8.28. The number of hydrogen-bond donors (Lipinski definition) is 3. The summed E-state index contributed by atoms with van der Waals surface area (Å²) in [6, 6.07) is 0. The first-order chi connectivity index (χ1) is 12.3. The van der Waals surface area contributed by atoms with Crippen LogP contribution in [0.1, 0.15) is 0 Å². The van der Waals surface area contributed by atoms with E-state index < -0.39 is 17.9 Å². The Balaban J connectivity index is 2.91. The second-order valence-corrected chi connectivity index (χ2v) is 6.17. The van der Waals surface area contributed by atoms with Crippen LogP contribution < -0.4 is 0 Å². The second-order valence-electron chi connectivity index (χ2n) is 6.17. The summed E-state index contributed by atoms with van der Waals surface area (Å²) < 4.78 is 0. The Morgan fingerprint density at radius 3 is 1.38 bits per heavy atom. The van der Waals surface area contributed by atoms with E-state index in [1.807, 2.05) is 4.90 Å². The number of aldehydes is 1. The monoisotopic (exact) mass is 374 g/mol. The van der Waals surface area contributed by atoms with Gasteiger partial charge in [0.05, 0.1) is 32.8 Å². The Hall–Kier alpha value is -2.08. The molecule has 0 atom stereocenters. The van der Waals surface area contributed by atoms with E-state index in [-0.39, 0.29) is 32.8 Å². The summed E-state index contributed by atoms with van der Waals surface area (Å²) in [6.07, 6.45) is 0.749. The summed E-state index contributed by atoms with van der Waals surface area (Å²) in [6.45, 7) is 1.89. The number of carbonyl (C=O) groups is 4. The van der Waals surface area contributed by atoms with Crippen LogP contribution in [0.2, 0.25) is 0 Å². The molecule has 26 heavy (non-hydrogen) atoms. The molecule has 0 spiro atoms. The van der Waals surface area contributed by atoms with Crippen LogP contribution in [0.15, 0.2) is 0 Å². The molecule has 1 aliphatic heterocycles. The van der Waals surface area contributed by atoms with Gasteiger partial charge in [-0.2, -0.15) is 0 Å². The first-order valence-electron chi connectivity index (χ1n) is 8.28. The predicted molar refractivity (Wildman–Crippen MR) is 89.9 cm³/mol. The van der Waals surface area contributed by atoms with Crippen molar-refractivity contribution in [3.05, 3.63) is 0 Å². The van der Waals surface area contributed by atoms with Crippen LogP contribution in [-0.4, -0.2) is 131 Å². The molecule has 0 aliphatic carbocycles. The highest BCUT2D eigenvalue weighted by atomic mass is 16.4. The topological polar surface area (TPSA) is 142 Å². The fourth-order valence-corrected chi connectivity index (χ4v) is 2.77. The maximum absolute atomic E-state index is 11.1. The smallest absolute Gasteiger partial charge is 0.317 e. The third kappa shape index (κ3) is 9.42. The number of rotatable bonds is 8. The minimum Gasteiger partial charge on any atom is -0.480 e. The summed E-state index contributed by atoms with van der Waals surface area (Å²) in [5.41, 5.74) is 0. The average Bonchev–Trinajstić information content (AvgIpc) is 2.54. The molecule has 0 amide bonds. The lowest BCUT2D eigenvalue weighted by atomic mass is 10.3. The highest BCUT2D eigenvalue weighted by molar-refractivity contribution is 5.70. The normalized spacial score (nSPS) is 19.5. The molecule has 148 valence electrons. The molecule has 1 rings (SSSR count). The van der Waals surface area contributed by atoms with Gasteiger partial charge in [0.15, 0.2) is 0 Å². The third-order valence-corrected chi connectivity index (χ3v) is 4.01. The van der Waals surface area contributed by atoms with Gasteiger partial charge in [-0.3, -0.25) is 34.0 Å². The van der Waals surface area contributed by atoms with Crippen LogP contribution in [-0.2, 0) is 19.2 Å². The van der Waals surface area contributed by atoms with Crippen molar-refractivity contribution in [1.29, 1.82) is 0 Å². The highest BCUT2D eigenvalue weighted by Gasteiger charge is 2.21. The van der Waals surface area contributed by atoms with Crippen LogP contribution in [0.5, 0.6) is 0 Å². The van der Waals surface area contributed by atoms with Crippen molar-refractivity contribution in [2.45, 2.75) is 0 Å². The van der Waals surface area contributed by atoms with Crippen LogP contribution in [0.25, 0.3) is 0 Å². The van der Waals surface area contributed by atoms with Crippen LogP contribution in [0.3, 0.4) is 0 Å². The van der Waals surface area contributed by atoms with E-state index in [0.717, 1.165) is 6.29 Å². The Kier molecular flexibility index (Phi) is 9.73. The number of hydrogen-bond acceptors (Lipinski definition) is 8. The maximum atomic E-state index is 11.1. The summed E-state index contributed by atoms with van der Waals surface area (Å²) in [5, 5.41) is 27.2. The van der Waals surface area contributed by atoms with E-state index in [9.17, 15) is 19.2 Å². The molecule has 3 N–H and O–H groups in total. The van der Waals surface area contributed by atoms with Crippen LogP contribution >= 0.6 is 0 Å². The summed E-state index contributed by atoms with van der Waals surface area (Å²) >= 11 is 0. The van der Waals surface area contributed by atoms with Crippen molar-refractivity contribution < 1.29 is 34.5 Å². The summed E-state index contributed by atoms with van der Waals surface area (Å²) in [5.74, 6) is -3.05. The lowest BCUT2D eigenvalue weighted by Gasteiger charge is -2.29. The van der Waals surface area contributed by atoms with Crippen molar-refractivity contribution in [2.75, 3.05) is 72.1 Å². The Morgan fingerprint density at radius 2 is 1.00 bits per heavy atom. The fourth-order valence-electron chi connectivity index (χ4n) is 2.77. The molecule has 0 unspecified atom stereocenters. The standard InChI is InChI=1S/C15H26N4O7/c20-8-7-16-1-3-17(9-13(21)22)4-6-19(11-15(25)26)12-18(5-2-16)10-14(23)24/h8H,1-7,9-12H2,(H,21,22)(H,23,24)(H,25,26). The van der Waals surface area contributed by atoms with Gasteiger partial charge in [-0.15, -0.1) is 0 Å². The van der Waals surface area contributed by atoms with E-state index in [2.05, 4.69) is 0 Å². The Labute approximate surface area is 151 Å². The third-order valence-electron chi connectivity index (χ3n) is 4.01. The van der Waals surface area contributed by atoms with E-state index in [4.69, 9.17) is 15.3 Å². The fraction of sp³-hybridized carbons (Fsp3) is 0.733. The minimum absolute atomic E-state index is 0.133. The van der Waals surface area contributed by atoms with Crippen molar-refractivity contribution in [1.82, 2.24) is 19.6 Å². The molecule has 0 radical (unpaired) electrons. The van der Waals surface area contributed by atoms with Gasteiger partial charge in [-0.1, -0.05) is 0 Å². The van der Waals surface area contributed by atoms with Gasteiger partial charge < -0.3 is 20.1 Å². The first kappa shape index (κ1) is 22.0. The molecule has 0 aromatic carbocycles. The molecule has 1 aliphatic rings. The largest absolute Gasteiger partial charge is 0.480 e. The lowest BCUT2D eigenvalue weighted by molar-refractivity contribution is -0.141. The van der Waals surface area contributed by atoms with E-state index in [1.54, 1.807) is 14.7 Å². The van der Waals surface area contributed by atoms with Gasteiger partial charge in [0.2, 0.25) is 0 Å². The molecular formula is C15H26N4O7. The molecule has 11 heteroatoms. The lowest BCUT2D eigenvalue weighted by Crippen LogP contribution is -2.46. The number of nitrogens with zero attached hydrogens (tertiary/aromatic N) is 4. The highest BCUT2D eigenvalue weighted by Crippen LogP contribution is 2.02.